The molecular formula is C16H19BrN2O. The highest BCUT2D eigenvalue weighted by Crippen LogP contribution is 2.29. The molecule has 0 aliphatic rings. The van der Waals surface area contributed by atoms with Gasteiger partial charge in [-0.3, -0.25) is 0 Å². The van der Waals surface area contributed by atoms with Crippen molar-refractivity contribution >= 4 is 21.6 Å². The van der Waals surface area contributed by atoms with Gasteiger partial charge in [-0.25, -0.2) is 0 Å². The summed E-state index contributed by atoms with van der Waals surface area (Å²) in [5.74, 6) is 1.72. The maximum atomic E-state index is 6.02. The molecule has 0 heterocycles. The quantitative estimate of drug-likeness (QED) is 0.893. The van der Waals surface area contributed by atoms with Crippen molar-refractivity contribution in [2.24, 2.45) is 0 Å². The van der Waals surface area contributed by atoms with Gasteiger partial charge in [-0.2, -0.15) is 0 Å². The van der Waals surface area contributed by atoms with Gasteiger partial charge in [-0.15, -0.1) is 0 Å². The first-order chi connectivity index (χ1) is 9.60. The molecule has 0 fully saturated rings. The van der Waals surface area contributed by atoms with Crippen molar-refractivity contribution in [3.63, 3.8) is 0 Å². The molecule has 0 radical (unpaired) electrons. The zero-order valence-electron chi connectivity index (χ0n) is 12.0. The van der Waals surface area contributed by atoms with E-state index in [1.54, 1.807) is 0 Å². The second-order valence-corrected chi connectivity index (χ2v) is 5.69. The van der Waals surface area contributed by atoms with Crippen LogP contribution in [0.5, 0.6) is 11.5 Å². The maximum Gasteiger partial charge on any atom is 0.131 e. The van der Waals surface area contributed by atoms with Crippen LogP contribution in [0, 0.1) is 0 Å². The molecule has 1 N–H and O–H groups in total. The zero-order valence-corrected chi connectivity index (χ0v) is 13.6. The Hall–Kier alpha value is -1.52. The summed E-state index contributed by atoms with van der Waals surface area (Å²) in [6.45, 7) is 0.766. The number of ether oxygens (including phenoxy) is 1. The van der Waals surface area contributed by atoms with E-state index in [1.807, 2.05) is 51.5 Å². The maximum absolute atomic E-state index is 6.02. The second kappa shape index (κ2) is 6.77. The summed E-state index contributed by atoms with van der Waals surface area (Å²) in [5.41, 5.74) is 2.24. The standard InChI is InChI=1S/C16H19BrN2O/c1-18-11-12-9-13(17)7-8-16(12)20-15-6-4-5-14(10-15)19(2)3/h4-10,18H,11H2,1-3H3. The second-order valence-electron chi connectivity index (χ2n) is 4.78. The molecule has 4 heteroatoms. The van der Waals surface area contributed by atoms with Gasteiger partial charge in [0, 0.05) is 42.4 Å². The van der Waals surface area contributed by atoms with E-state index in [2.05, 4.69) is 38.3 Å². The Balaban J connectivity index is 2.27. The van der Waals surface area contributed by atoms with E-state index in [-0.39, 0.29) is 0 Å². The SMILES string of the molecule is CNCc1cc(Br)ccc1Oc1cccc(N(C)C)c1. The average molecular weight is 335 g/mol. The molecule has 0 amide bonds. The van der Waals surface area contributed by atoms with Crippen molar-refractivity contribution in [3.05, 3.63) is 52.5 Å². The Kier molecular flexibility index (Phi) is 5.04. The fourth-order valence-corrected chi connectivity index (χ4v) is 2.34. The molecule has 3 nitrogen and oxygen atoms in total. The number of nitrogens with zero attached hydrogens (tertiary/aromatic N) is 1. The van der Waals surface area contributed by atoms with Crippen LogP contribution in [0.15, 0.2) is 46.9 Å². The smallest absolute Gasteiger partial charge is 0.131 e. The van der Waals surface area contributed by atoms with Gasteiger partial charge >= 0.3 is 0 Å². The summed E-state index contributed by atoms with van der Waals surface area (Å²) >= 11 is 3.49. The predicted octanol–water partition coefficient (Wildman–Crippen LogP) is 4.03. The number of halogens is 1. The first kappa shape index (κ1) is 14.9. The molecule has 0 saturated heterocycles. The van der Waals surface area contributed by atoms with Crippen LogP contribution in [-0.4, -0.2) is 21.1 Å². The van der Waals surface area contributed by atoms with Gasteiger partial charge in [-0.1, -0.05) is 22.0 Å². The van der Waals surface area contributed by atoms with Crippen LogP contribution in [0.25, 0.3) is 0 Å². The lowest BCUT2D eigenvalue weighted by atomic mass is 10.2. The van der Waals surface area contributed by atoms with E-state index in [0.717, 1.165) is 33.8 Å². The molecule has 2 aromatic rings. The molecule has 0 aromatic heterocycles. The summed E-state index contributed by atoms with van der Waals surface area (Å²) in [5, 5.41) is 3.16. The third kappa shape index (κ3) is 3.74. The average Bonchev–Trinajstić information content (AvgIpc) is 2.42. The van der Waals surface area contributed by atoms with Crippen LogP contribution in [0.2, 0.25) is 0 Å². The molecule has 0 bridgehead atoms. The van der Waals surface area contributed by atoms with Crippen molar-refractivity contribution in [1.82, 2.24) is 5.32 Å². The minimum absolute atomic E-state index is 0.766. The highest BCUT2D eigenvalue weighted by Gasteiger charge is 2.06. The highest BCUT2D eigenvalue weighted by atomic mass is 79.9. The summed E-state index contributed by atoms with van der Waals surface area (Å²) < 4.78 is 7.07. The Morgan fingerprint density at radius 3 is 2.65 bits per heavy atom. The van der Waals surface area contributed by atoms with E-state index in [4.69, 9.17) is 4.74 Å². The van der Waals surface area contributed by atoms with Crippen LogP contribution >= 0.6 is 15.9 Å². The van der Waals surface area contributed by atoms with Gasteiger partial charge in [0.25, 0.3) is 0 Å². The Morgan fingerprint density at radius 1 is 1.15 bits per heavy atom. The van der Waals surface area contributed by atoms with Crippen LogP contribution in [-0.2, 0) is 6.54 Å². The van der Waals surface area contributed by atoms with Crippen molar-refractivity contribution in [2.45, 2.75) is 6.54 Å². The number of nitrogens with one attached hydrogen (secondary N) is 1. The molecule has 20 heavy (non-hydrogen) atoms. The van der Waals surface area contributed by atoms with E-state index >= 15 is 0 Å². The van der Waals surface area contributed by atoms with Gasteiger partial charge in [-0.05, 0) is 37.4 Å². The molecule has 0 unspecified atom stereocenters. The molecule has 2 aromatic carbocycles. The van der Waals surface area contributed by atoms with Crippen LogP contribution in [0.3, 0.4) is 0 Å². The van der Waals surface area contributed by atoms with E-state index in [0.29, 0.717) is 0 Å². The monoisotopic (exact) mass is 334 g/mol. The number of anilines is 1. The van der Waals surface area contributed by atoms with Crippen LogP contribution in [0.4, 0.5) is 5.69 Å². The van der Waals surface area contributed by atoms with Gasteiger partial charge in [0.2, 0.25) is 0 Å². The summed E-state index contributed by atoms with van der Waals surface area (Å²) in [4.78, 5) is 2.06. The minimum Gasteiger partial charge on any atom is -0.457 e. The lowest BCUT2D eigenvalue weighted by Gasteiger charge is -2.15. The third-order valence-corrected chi connectivity index (χ3v) is 3.44. The number of hydrogen-bond donors (Lipinski definition) is 1. The van der Waals surface area contributed by atoms with Crippen molar-refractivity contribution < 1.29 is 4.74 Å². The van der Waals surface area contributed by atoms with E-state index < -0.39 is 0 Å². The first-order valence-electron chi connectivity index (χ1n) is 6.48. The summed E-state index contributed by atoms with van der Waals surface area (Å²) in [7, 11) is 5.97. The normalized spacial score (nSPS) is 10.4. The van der Waals surface area contributed by atoms with Gasteiger partial charge in [0.1, 0.15) is 11.5 Å². The largest absolute Gasteiger partial charge is 0.457 e. The van der Waals surface area contributed by atoms with E-state index in [9.17, 15) is 0 Å². The molecule has 0 atom stereocenters. The highest BCUT2D eigenvalue weighted by molar-refractivity contribution is 9.10. The van der Waals surface area contributed by atoms with E-state index in [1.165, 1.54) is 0 Å². The predicted molar refractivity (Wildman–Crippen MR) is 87.7 cm³/mol. The van der Waals surface area contributed by atoms with Gasteiger partial charge in [0.05, 0.1) is 0 Å². The number of hydrogen-bond acceptors (Lipinski definition) is 3. The lowest BCUT2D eigenvalue weighted by Crippen LogP contribution is -2.08. The van der Waals surface area contributed by atoms with Gasteiger partial charge in [0.15, 0.2) is 0 Å². The Labute approximate surface area is 128 Å². The molecule has 0 aliphatic heterocycles. The van der Waals surface area contributed by atoms with Crippen LogP contribution < -0.4 is 15.0 Å². The zero-order chi connectivity index (χ0) is 14.5. The molecule has 106 valence electrons. The molecule has 0 aliphatic carbocycles. The first-order valence-corrected chi connectivity index (χ1v) is 7.27. The topological polar surface area (TPSA) is 24.5 Å². The molecule has 0 spiro atoms. The van der Waals surface area contributed by atoms with Crippen LogP contribution in [0.1, 0.15) is 5.56 Å². The number of rotatable bonds is 5. The fourth-order valence-electron chi connectivity index (χ4n) is 1.93. The van der Waals surface area contributed by atoms with Crippen molar-refractivity contribution in [3.8, 4) is 11.5 Å². The third-order valence-electron chi connectivity index (χ3n) is 2.95. The lowest BCUT2D eigenvalue weighted by molar-refractivity contribution is 0.474. The minimum atomic E-state index is 0.766. The fraction of sp³-hybridized carbons (Fsp3) is 0.250. The summed E-state index contributed by atoms with van der Waals surface area (Å²) in [6, 6.07) is 14.1. The van der Waals surface area contributed by atoms with Gasteiger partial charge < -0.3 is 15.0 Å². The van der Waals surface area contributed by atoms with Crippen molar-refractivity contribution in [2.75, 3.05) is 26.0 Å². The Morgan fingerprint density at radius 2 is 1.95 bits per heavy atom. The molecular weight excluding hydrogens is 316 g/mol. The Bertz CT molecular complexity index is 584. The number of benzene rings is 2. The molecule has 2 rings (SSSR count). The molecule has 0 saturated carbocycles. The summed E-state index contributed by atoms with van der Waals surface area (Å²) in [6.07, 6.45) is 0. The van der Waals surface area contributed by atoms with Crippen molar-refractivity contribution in [1.29, 1.82) is 0 Å².